The van der Waals surface area contributed by atoms with Crippen molar-refractivity contribution in [3.63, 3.8) is 0 Å². The summed E-state index contributed by atoms with van der Waals surface area (Å²) in [6.45, 7) is 9.74. The number of anilines is 1. The van der Waals surface area contributed by atoms with Crippen molar-refractivity contribution in [1.82, 2.24) is 4.98 Å². The van der Waals surface area contributed by atoms with Gasteiger partial charge in [-0.3, -0.25) is 9.88 Å². The van der Waals surface area contributed by atoms with Crippen molar-refractivity contribution < 1.29 is 23.8 Å². The van der Waals surface area contributed by atoms with Gasteiger partial charge in [-0.25, -0.2) is 9.59 Å². The summed E-state index contributed by atoms with van der Waals surface area (Å²) in [6.07, 6.45) is 2.56. The van der Waals surface area contributed by atoms with Gasteiger partial charge in [0.2, 0.25) is 0 Å². The molecule has 178 valence electrons. The number of amides is 1. The van der Waals surface area contributed by atoms with Crippen molar-refractivity contribution in [3.8, 4) is 5.75 Å². The second-order valence-corrected chi connectivity index (χ2v) is 9.55. The summed E-state index contributed by atoms with van der Waals surface area (Å²) >= 11 is 2.14. The van der Waals surface area contributed by atoms with Gasteiger partial charge in [0, 0.05) is 27.8 Å². The number of carbonyl (C=O) groups excluding carboxylic acids is 2. The van der Waals surface area contributed by atoms with Crippen LogP contribution in [0.1, 0.15) is 36.7 Å². The van der Waals surface area contributed by atoms with E-state index in [2.05, 4.69) is 34.2 Å². The minimum Gasteiger partial charge on any atom is -0.487 e. The number of ether oxygens (including phenoxy) is 3. The highest BCUT2D eigenvalue weighted by Crippen LogP contribution is 2.38. The number of halogens is 1. The zero-order valence-corrected chi connectivity index (χ0v) is 21.8. The van der Waals surface area contributed by atoms with E-state index < -0.39 is 17.7 Å². The fourth-order valence-corrected chi connectivity index (χ4v) is 4.07. The molecule has 0 saturated heterocycles. The number of pyridine rings is 1. The van der Waals surface area contributed by atoms with Crippen LogP contribution < -0.4 is 9.64 Å². The summed E-state index contributed by atoms with van der Waals surface area (Å²) in [6, 6.07) is 13.2. The summed E-state index contributed by atoms with van der Waals surface area (Å²) in [5.41, 5.74) is 1.74. The van der Waals surface area contributed by atoms with Gasteiger partial charge in [-0.05, 0) is 55.0 Å². The molecule has 0 N–H and O–H groups in total. The molecule has 0 atom stereocenters. The predicted molar refractivity (Wildman–Crippen MR) is 140 cm³/mol. The average Bonchev–Trinajstić information content (AvgIpc) is 2.81. The number of benzene rings is 2. The van der Waals surface area contributed by atoms with Crippen LogP contribution in [0.25, 0.3) is 10.9 Å². The zero-order valence-electron chi connectivity index (χ0n) is 19.6. The molecule has 0 unspecified atom stereocenters. The van der Waals surface area contributed by atoms with Gasteiger partial charge in [-0.1, -0.05) is 36.4 Å². The molecule has 7 nitrogen and oxygen atoms in total. The molecule has 1 heterocycles. The lowest BCUT2D eigenvalue weighted by molar-refractivity contribution is 0.0579. The highest BCUT2D eigenvalue weighted by Gasteiger charge is 2.26. The third kappa shape index (κ3) is 6.05. The van der Waals surface area contributed by atoms with Crippen molar-refractivity contribution in [2.45, 2.75) is 33.0 Å². The van der Waals surface area contributed by atoms with Gasteiger partial charge in [0.1, 0.15) is 23.5 Å². The average molecular weight is 574 g/mol. The topological polar surface area (TPSA) is 78.0 Å². The Kier molecular flexibility index (Phi) is 8.14. The van der Waals surface area contributed by atoms with Crippen molar-refractivity contribution in [1.29, 1.82) is 0 Å². The number of fused-ring (bicyclic) bond motifs is 1. The first kappa shape index (κ1) is 25.5. The van der Waals surface area contributed by atoms with Crippen molar-refractivity contribution >= 4 is 51.2 Å². The van der Waals surface area contributed by atoms with Gasteiger partial charge in [0.25, 0.3) is 0 Å². The van der Waals surface area contributed by atoms with Gasteiger partial charge in [0.05, 0.1) is 18.4 Å². The van der Waals surface area contributed by atoms with E-state index in [4.69, 9.17) is 14.2 Å². The quantitative estimate of drug-likeness (QED) is 0.192. The van der Waals surface area contributed by atoms with Gasteiger partial charge in [0.15, 0.2) is 0 Å². The molecule has 0 spiro atoms. The van der Waals surface area contributed by atoms with Crippen molar-refractivity contribution in [2.24, 2.45) is 0 Å². The first-order valence-corrected chi connectivity index (χ1v) is 11.7. The molecule has 0 aliphatic heterocycles. The third-order valence-corrected chi connectivity index (χ3v) is 5.86. The first-order chi connectivity index (χ1) is 16.1. The molecule has 1 aromatic heterocycles. The standard InChI is InChI=1S/C26H27IN2O5/c1-6-12-29(25(31)34-26(2,3)4)20-14-21(33-16-17-10-8-7-9-11-17)23-19(22(20)27)13-18(15-28-23)24(30)32-5/h6-11,13-15H,1,12,16H2,2-5H3. The Bertz CT molecular complexity index is 1210. The summed E-state index contributed by atoms with van der Waals surface area (Å²) < 4.78 is 17.4. The molecule has 0 fully saturated rings. The van der Waals surface area contributed by atoms with Crippen molar-refractivity contribution in [3.05, 3.63) is 76.0 Å². The molecule has 1 amide bonds. The number of aromatic nitrogens is 1. The van der Waals surface area contributed by atoms with Gasteiger partial charge in [-0.15, -0.1) is 6.58 Å². The molecule has 0 aliphatic carbocycles. The predicted octanol–water partition coefficient (Wildman–Crippen LogP) is 6.13. The van der Waals surface area contributed by atoms with Crippen LogP contribution in [0.2, 0.25) is 0 Å². The van der Waals surface area contributed by atoms with Crippen LogP contribution in [0.3, 0.4) is 0 Å². The zero-order chi connectivity index (χ0) is 24.9. The van der Waals surface area contributed by atoms with Crippen LogP contribution in [-0.2, 0) is 16.1 Å². The second-order valence-electron chi connectivity index (χ2n) is 8.47. The summed E-state index contributed by atoms with van der Waals surface area (Å²) in [7, 11) is 1.32. The number of nitrogens with zero attached hydrogens (tertiary/aromatic N) is 2. The van der Waals surface area contributed by atoms with Crippen LogP contribution in [0.15, 0.2) is 61.3 Å². The lowest BCUT2D eigenvalue weighted by Crippen LogP contribution is -2.37. The highest BCUT2D eigenvalue weighted by molar-refractivity contribution is 14.1. The molecule has 0 radical (unpaired) electrons. The highest BCUT2D eigenvalue weighted by atomic mass is 127. The van der Waals surface area contributed by atoms with Crippen LogP contribution in [0.5, 0.6) is 5.75 Å². The van der Waals surface area contributed by atoms with Gasteiger partial charge >= 0.3 is 12.1 Å². The van der Waals surface area contributed by atoms with Gasteiger partial charge < -0.3 is 14.2 Å². The minimum absolute atomic E-state index is 0.221. The van der Waals surface area contributed by atoms with E-state index in [1.165, 1.54) is 18.2 Å². The Morgan fingerprint density at radius 3 is 2.50 bits per heavy atom. The maximum Gasteiger partial charge on any atom is 0.415 e. The molecule has 2 aromatic carbocycles. The Morgan fingerprint density at radius 2 is 1.88 bits per heavy atom. The maximum absolute atomic E-state index is 13.1. The molecular weight excluding hydrogens is 547 g/mol. The molecule has 0 aliphatic rings. The summed E-state index contributed by atoms with van der Waals surface area (Å²) in [5.74, 6) is -0.0271. The van der Waals surface area contributed by atoms with E-state index in [-0.39, 0.29) is 6.54 Å². The monoisotopic (exact) mass is 574 g/mol. The second kappa shape index (κ2) is 10.9. The molecule has 3 aromatic rings. The SMILES string of the molecule is C=CCN(C(=O)OC(C)(C)C)c1cc(OCc2ccccc2)c2ncc(C(=O)OC)cc2c1I. The van der Waals surface area contributed by atoms with E-state index >= 15 is 0 Å². The first-order valence-electron chi connectivity index (χ1n) is 10.6. The largest absolute Gasteiger partial charge is 0.487 e. The number of hydrogen-bond donors (Lipinski definition) is 0. The van der Waals surface area contributed by atoms with Gasteiger partial charge in [-0.2, -0.15) is 0 Å². The minimum atomic E-state index is -0.676. The lowest BCUT2D eigenvalue weighted by Gasteiger charge is -2.28. The van der Waals surface area contributed by atoms with E-state index in [9.17, 15) is 9.59 Å². The molecular formula is C26H27IN2O5. The van der Waals surface area contributed by atoms with Crippen LogP contribution >= 0.6 is 22.6 Å². The van der Waals surface area contributed by atoms with E-state index in [0.717, 1.165) is 5.56 Å². The molecule has 0 saturated carbocycles. The molecule has 8 heteroatoms. The Hall–Kier alpha value is -3.14. The fraction of sp³-hybridized carbons (Fsp3) is 0.269. The third-order valence-electron chi connectivity index (χ3n) is 4.72. The number of esters is 1. The Morgan fingerprint density at radius 1 is 1.18 bits per heavy atom. The van der Waals surface area contributed by atoms with Crippen molar-refractivity contribution in [2.75, 3.05) is 18.6 Å². The Labute approximate surface area is 212 Å². The fourth-order valence-electron chi connectivity index (χ4n) is 3.21. The van der Waals surface area contributed by atoms with Crippen LogP contribution in [-0.4, -0.2) is 36.3 Å². The molecule has 3 rings (SSSR count). The van der Waals surface area contributed by atoms with E-state index in [0.29, 0.717) is 38.1 Å². The summed E-state index contributed by atoms with van der Waals surface area (Å²) in [5, 5.41) is 0.654. The maximum atomic E-state index is 13.1. The van der Waals surface area contributed by atoms with Crippen LogP contribution in [0.4, 0.5) is 10.5 Å². The van der Waals surface area contributed by atoms with E-state index in [1.54, 1.807) is 18.2 Å². The molecule has 34 heavy (non-hydrogen) atoms. The lowest BCUT2D eigenvalue weighted by atomic mass is 10.1. The smallest absolute Gasteiger partial charge is 0.415 e. The number of hydrogen-bond acceptors (Lipinski definition) is 6. The number of carbonyl (C=O) groups is 2. The number of rotatable bonds is 7. The Balaban J connectivity index is 2.16. The normalized spacial score (nSPS) is 11.1. The number of methoxy groups -OCH3 is 1. The van der Waals surface area contributed by atoms with Crippen LogP contribution in [0, 0.1) is 3.57 Å². The molecule has 0 bridgehead atoms. The van der Waals surface area contributed by atoms with E-state index in [1.807, 2.05) is 51.1 Å². The summed E-state index contributed by atoms with van der Waals surface area (Å²) in [4.78, 5) is 31.2.